The maximum absolute atomic E-state index is 12.5. The quantitative estimate of drug-likeness (QED) is 0.357. The monoisotopic (exact) mass is 311 g/mol. The summed E-state index contributed by atoms with van der Waals surface area (Å²) >= 11 is 0. The first-order valence-electron chi connectivity index (χ1n) is 7.47. The third-order valence-electron chi connectivity index (χ3n) is 3.60. The summed E-state index contributed by atoms with van der Waals surface area (Å²) in [4.78, 5) is 15.3. The molecule has 0 aliphatic rings. The number of azide groups is 1. The zero-order valence-electron chi connectivity index (χ0n) is 14.2. The molecule has 0 unspecified atom stereocenters. The summed E-state index contributed by atoms with van der Waals surface area (Å²) in [6.45, 7) is 9.96. The molecule has 0 N–H and O–H groups in total. The molecule has 0 saturated carbocycles. The van der Waals surface area contributed by atoms with Gasteiger partial charge in [0.05, 0.1) is 5.54 Å². The summed E-state index contributed by atoms with van der Waals surface area (Å²) in [6, 6.07) is 7.29. The van der Waals surface area contributed by atoms with Gasteiger partial charge in [0.15, 0.2) is 5.78 Å². The first-order chi connectivity index (χ1) is 10.7. The fourth-order valence-corrected chi connectivity index (χ4v) is 2.49. The highest BCUT2D eigenvalue weighted by atomic mass is 16.1. The van der Waals surface area contributed by atoms with Crippen LogP contribution in [0.1, 0.15) is 48.1 Å². The van der Waals surface area contributed by atoms with Crippen LogP contribution in [-0.2, 0) is 12.0 Å². The van der Waals surface area contributed by atoms with E-state index in [4.69, 9.17) is 5.53 Å². The summed E-state index contributed by atoms with van der Waals surface area (Å²) < 4.78 is 1.86. The van der Waals surface area contributed by atoms with Crippen LogP contribution < -0.4 is 0 Å². The predicted molar refractivity (Wildman–Crippen MR) is 90.0 cm³/mol. The van der Waals surface area contributed by atoms with Crippen LogP contribution in [0.15, 0.2) is 29.4 Å². The number of carbonyl (C=O) groups is 1. The molecule has 0 bridgehead atoms. The predicted octanol–water partition coefficient (Wildman–Crippen LogP) is 4.62. The molecule has 0 aliphatic heterocycles. The number of hydrogen-bond acceptors (Lipinski definition) is 3. The summed E-state index contributed by atoms with van der Waals surface area (Å²) in [7, 11) is 0. The molecule has 0 spiro atoms. The van der Waals surface area contributed by atoms with Crippen LogP contribution in [0.5, 0.6) is 0 Å². The lowest BCUT2D eigenvalue weighted by Crippen LogP contribution is -2.24. The molecule has 23 heavy (non-hydrogen) atoms. The highest BCUT2D eigenvalue weighted by Crippen LogP contribution is 2.22. The van der Waals surface area contributed by atoms with Gasteiger partial charge < -0.3 is 0 Å². The number of benzene rings is 1. The Bertz CT molecular complexity index is 792. The van der Waals surface area contributed by atoms with E-state index in [9.17, 15) is 4.79 Å². The van der Waals surface area contributed by atoms with Gasteiger partial charge in [0.25, 0.3) is 0 Å². The third-order valence-corrected chi connectivity index (χ3v) is 3.60. The van der Waals surface area contributed by atoms with Crippen molar-refractivity contribution in [1.82, 2.24) is 9.78 Å². The van der Waals surface area contributed by atoms with Crippen molar-refractivity contribution in [3.63, 3.8) is 0 Å². The molecule has 1 aromatic heterocycles. The van der Waals surface area contributed by atoms with Crippen molar-refractivity contribution in [2.75, 3.05) is 0 Å². The second-order valence-electron chi connectivity index (χ2n) is 6.66. The zero-order valence-corrected chi connectivity index (χ0v) is 14.2. The van der Waals surface area contributed by atoms with Crippen molar-refractivity contribution in [2.45, 2.75) is 46.6 Å². The molecule has 0 amide bonds. The van der Waals surface area contributed by atoms with Gasteiger partial charge in [-0.2, -0.15) is 5.10 Å². The molecule has 0 radical (unpaired) electrons. The normalized spacial score (nSPS) is 11.2. The molecule has 6 nitrogen and oxygen atoms in total. The van der Waals surface area contributed by atoms with Crippen molar-refractivity contribution in [3.05, 3.63) is 57.2 Å². The summed E-state index contributed by atoms with van der Waals surface area (Å²) in [5.74, 6) is -0.0492. The Morgan fingerprint density at radius 1 is 1.30 bits per heavy atom. The number of ketones is 1. The fraction of sp³-hybridized carbons (Fsp3) is 0.412. The molecule has 0 aliphatic carbocycles. The second-order valence-corrected chi connectivity index (χ2v) is 6.66. The van der Waals surface area contributed by atoms with Crippen LogP contribution in [0.4, 0.5) is 5.69 Å². The largest absolute Gasteiger partial charge is 0.292 e. The third kappa shape index (κ3) is 3.79. The molecule has 1 aromatic carbocycles. The van der Waals surface area contributed by atoms with Gasteiger partial charge in [-0.3, -0.25) is 9.48 Å². The molecule has 1 heterocycles. The fourth-order valence-electron chi connectivity index (χ4n) is 2.49. The maximum atomic E-state index is 12.5. The molecule has 0 atom stereocenters. The van der Waals surface area contributed by atoms with Gasteiger partial charge in [0.1, 0.15) is 5.69 Å². The Morgan fingerprint density at radius 3 is 2.57 bits per heavy atom. The zero-order chi connectivity index (χ0) is 17.2. The van der Waals surface area contributed by atoms with Gasteiger partial charge in [-0.15, -0.1) is 0 Å². The molecule has 120 valence electrons. The Kier molecular flexibility index (Phi) is 4.57. The first-order valence-corrected chi connectivity index (χ1v) is 7.47. The van der Waals surface area contributed by atoms with E-state index >= 15 is 0 Å². The van der Waals surface area contributed by atoms with Gasteiger partial charge in [0, 0.05) is 22.7 Å². The topological polar surface area (TPSA) is 83.7 Å². The highest BCUT2D eigenvalue weighted by Gasteiger charge is 2.20. The molecule has 0 fully saturated rings. The lowest BCUT2D eigenvalue weighted by Gasteiger charge is -2.21. The molecular weight excluding hydrogens is 290 g/mol. The summed E-state index contributed by atoms with van der Waals surface area (Å²) in [6.07, 6.45) is 0.231. The first kappa shape index (κ1) is 16.8. The average Bonchev–Trinajstić information content (AvgIpc) is 2.85. The molecule has 6 heteroatoms. The lowest BCUT2D eigenvalue weighted by molar-refractivity contribution is 0.0986. The number of nitrogens with zero attached hydrogens (tertiary/aromatic N) is 5. The van der Waals surface area contributed by atoms with Crippen LogP contribution in [0, 0.1) is 13.8 Å². The van der Waals surface area contributed by atoms with Crippen LogP contribution in [0.25, 0.3) is 10.4 Å². The minimum Gasteiger partial charge on any atom is -0.292 e. The molecule has 0 saturated heterocycles. The van der Waals surface area contributed by atoms with Crippen molar-refractivity contribution < 1.29 is 4.79 Å². The van der Waals surface area contributed by atoms with E-state index in [-0.39, 0.29) is 17.7 Å². The van der Waals surface area contributed by atoms with Crippen molar-refractivity contribution in [1.29, 1.82) is 0 Å². The Morgan fingerprint density at radius 2 is 2.00 bits per heavy atom. The van der Waals surface area contributed by atoms with E-state index < -0.39 is 0 Å². The van der Waals surface area contributed by atoms with E-state index in [2.05, 4.69) is 15.1 Å². The van der Waals surface area contributed by atoms with Crippen LogP contribution in [0.3, 0.4) is 0 Å². The van der Waals surface area contributed by atoms with Gasteiger partial charge in [-0.05, 0) is 63.4 Å². The standard InChI is InChI=1S/C17H21N5O/c1-11-6-7-13(9-14(11)19-21-18)10-16(23)15-8-12(2)22(20-15)17(3,4)5/h6-9H,10H2,1-5H3. The van der Waals surface area contributed by atoms with E-state index in [1.54, 1.807) is 6.07 Å². The Balaban J connectivity index is 2.26. The number of carbonyl (C=O) groups excluding carboxylic acids is 1. The van der Waals surface area contributed by atoms with E-state index in [1.165, 1.54) is 0 Å². The van der Waals surface area contributed by atoms with Gasteiger partial charge in [0.2, 0.25) is 0 Å². The summed E-state index contributed by atoms with van der Waals surface area (Å²) in [5, 5.41) is 8.09. The summed E-state index contributed by atoms with van der Waals surface area (Å²) in [5.41, 5.74) is 12.1. The van der Waals surface area contributed by atoms with E-state index in [0.717, 1.165) is 16.8 Å². The maximum Gasteiger partial charge on any atom is 0.187 e. The SMILES string of the molecule is Cc1ccc(CC(=O)c2cc(C)n(C(C)(C)C)n2)cc1N=[N+]=[N-]. The van der Waals surface area contributed by atoms with Crippen molar-refractivity contribution in [2.24, 2.45) is 5.11 Å². The van der Waals surface area contributed by atoms with E-state index in [0.29, 0.717) is 11.4 Å². The number of rotatable bonds is 4. The Hall–Kier alpha value is -2.59. The number of aryl methyl sites for hydroxylation is 2. The second kappa shape index (κ2) is 6.26. The Labute approximate surface area is 135 Å². The van der Waals surface area contributed by atoms with Gasteiger partial charge in [-0.1, -0.05) is 17.2 Å². The lowest BCUT2D eigenvalue weighted by atomic mass is 10.0. The van der Waals surface area contributed by atoms with Crippen molar-refractivity contribution >= 4 is 11.5 Å². The average molecular weight is 311 g/mol. The van der Waals surface area contributed by atoms with Crippen LogP contribution in [-0.4, -0.2) is 15.6 Å². The minimum atomic E-state index is -0.166. The minimum absolute atomic E-state index is 0.0492. The van der Waals surface area contributed by atoms with Crippen LogP contribution in [0.2, 0.25) is 0 Å². The number of Topliss-reactive ketones (excluding diaryl/α,β-unsaturated/α-hetero) is 1. The number of aromatic nitrogens is 2. The van der Waals surface area contributed by atoms with Gasteiger partial charge in [-0.25, -0.2) is 0 Å². The molecular formula is C17H21N5O. The molecule has 2 aromatic rings. The van der Waals surface area contributed by atoms with Crippen molar-refractivity contribution in [3.8, 4) is 0 Å². The highest BCUT2D eigenvalue weighted by molar-refractivity contribution is 5.96. The van der Waals surface area contributed by atoms with Gasteiger partial charge >= 0.3 is 0 Å². The van der Waals surface area contributed by atoms with Crippen LogP contribution >= 0.6 is 0 Å². The number of hydrogen-bond donors (Lipinski definition) is 0. The smallest absolute Gasteiger partial charge is 0.187 e. The molecule has 2 rings (SSSR count). The van der Waals surface area contributed by atoms with E-state index in [1.807, 2.05) is 57.5 Å².